The Labute approximate surface area is 79.0 Å². The number of ether oxygens (including phenoxy) is 1. The molecule has 1 saturated carbocycles. The normalized spacial score (nSPS) is 43.7. The van der Waals surface area contributed by atoms with Crippen molar-refractivity contribution in [1.82, 2.24) is 0 Å². The highest BCUT2D eigenvalue weighted by Gasteiger charge is 2.44. The summed E-state index contributed by atoms with van der Waals surface area (Å²) in [4.78, 5) is 12.0. The van der Waals surface area contributed by atoms with E-state index in [4.69, 9.17) is 4.74 Å². The van der Waals surface area contributed by atoms with Gasteiger partial charge in [-0.1, -0.05) is 13.0 Å². The zero-order chi connectivity index (χ0) is 9.47. The lowest BCUT2D eigenvalue weighted by molar-refractivity contribution is -0.139. The molecule has 1 fully saturated rings. The van der Waals surface area contributed by atoms with Crippen LogP contribution in [0.2, 0.25) is 0 Å². The number of rotatable bonds is 1. The standard InChI is InChI=1S/C11H16O2/c1-8-7-9-3-5-11(13-2,6-4-9)10(8)12/h3,5,8-9H,4,6-7H2,1-2H3/t8-,9-,11+/m0/s1. The molecule has 0 aliphatic heterocycles. The van der Waals surface area contributed by atoms with Gasteiger partial charge in [0.05, 0.1) is 0 Å². The van der Waals surface area contributed by atoms with Crippen molar-refractivity contribution in [3.05, 3.63) is 12.2 Å². The average Bonchev–Trinajstić information content (AvgIpc) is 2.35. The second-order valence-corrected chi connectivity index (χ2v) is 4.25. The Hall–Kier alpha value is -0.630. The van der Waals surface area contributed by atoms with Crippen LogP contribution >= 0.6 is 0 Å². The summed E-state index contributed by atoms with van der Waals surface area (Å²) in [6, 6.07) is 0. The van der Waals surface area contributed by atoms with Crippen LogP contribution in [0.4, 0.5) is 0 Å². The monoisotopic (exact) mass is 180 g/mol. The number of methoxy groups -OCH3 is 1. The van der Waals surface area contributed by atoms with E-state index < -0.39 is 5.60 Å². The summed E-state index contributed by atoms with van der Waals surface area (Å²) in [6.07, 6.45) is 7.11. The van der Waals surface area contributed by atoms with Crippen LogP contribution in [-0.2, 0) is 9.53 Å². The van der Waals surface area contributed by atoms with E-state index in [2.05, 4.69) is 6.08 Å². The highest BCUT2D eigenvalue weighted by molar-refractivity contribution is 5.92. The number of allylic oxidation sites excluding steroid dienone is 1. The first-order valence-corrected chi connectivity index (χ1v) is 4.97. The molecule has 3 atom stereocenters. The molecular weight excluding hydrogens is 164 g/mol. The van der Waals surface area contributed by atoms with Crippen LogP contribution in [0.3, 0.4) is 0 Å². The van der Waals surface area contributed by atoms with E-state index in [1.165, 1.54) is 0 Å². The molecule has 3 aliphatic carbocycles. The Balaban J connectivity index is 2.38. The van der Waals surface area contributed by atoms with Crippen LogP contribution in [-0.4, -0.2) is 18.5 Å². The summed E-state index contributed by atoms with van der Waals surface area (Å²) in [7, 11) is 1.64. The lowest BCUT2D eigenvalue weighted by atomic mass is 9.86. The summed E-state index contributed by atoms with van der Waals surface area (Å²) in [5, 5.41) is 0. The number of ketones is 1. The van der Waals surface area contributed by atoms with E-state index in [9.17, 15) is 4.79 Å². The van der Waals surface area contributed by atoms with Gasteiger partial charge in [-0.2, -0.15) is 0 Å². The predicted octanol–water partition coefficient (Wildman–Crippen LogP) is 1.95. The molecule has 2 bridgehead atoms. The number of carbonyl (C=O) groups is 1. The van der Waals surface area contributed by atoms with Gasteiger partial charge in [-0.05, 0) is 31.3 Å². The number of carbonyl (C=O) groups excluding carboxylic acids is 1. The second kappa shape index (κ2) is 2.95. The van der Waals surface area contributed by atoms with E-state index in [1.807, 2.05) is 13.0 Å². The Kier molecular flexibility index (Phi) is 2.03. The fourth-order valence-electron chi connectivity index (χ4n) is 2.52. The van der Waals surface area contributed by atoms with Crippen LogP contribution in [0.15, 0.2) is 12.2 Å². The maximum atomic E-state index is 12.0. The first-order chi connectivity index (χ1) is 6.18. The Morgan fingerprint density at radius 2 is 2.38 bits per heavy atom. The lowest BCUT2D eigenvalue weighted by Gasteiger charge is -2.29. The van der Waals surface area contributed by atoms with Gasteiger partial charge in [0.15, 0.2) is 5.78 Å². The van der Waals surface area contributed by atoms with E-state index in [0.29, 0.717) is 5.92 Å². The molecule has 0 spiro atoms. The van der Waals surface area contributed by atoms with Crippen molar-refractivity contribution in [2.45, 2.75) is 31.8 Å². The first kappa shape index (κ1) is 8.95. The third kappa shape index (κ3) is 1.24. The molecule has 2 nitrogen and oxygen atoms in total. The molecule has 2 heteroatoms. The molecule has 3 aliphatic rings. The molecular formula is C11H16O2. The third-order valence-electron chi connectivity index (χ3n) is 3.41. The summed E-state index contributed by atoms with van der Waals surface area (Å²) in [5.41, 5.74) is -0.577. The van der Waals surface area contributed by atoms with Gasteiger partial charge in [-0.25, -0.2) is 0 Å². The van der Waals surface area contributed by atoms with E-state index in [0.717, 1.165) is 19.3 Å². The van der Waals surface area contributed by atoms with Crippen LogP contribution in [0, 0.1) is 11.8 Å². The van der Waals surface area contributed by atoms with Crippen molar-refractivity contribution < 1.29 is 9.53 Å². The maximum Gasteiger partial charge on any atom is 0.171 e. The predicted molar refractivity (Wildman–Crippen MR) is 50.4 cm³/mol. The van der Waals surface area contributed by atoms with Crippen LogP contribution in [0.25, 0.3) is 0 Å². The van der Waals surface area contributed by atoms with Crippen molar-refractivity contribution in [3.8, 4) is 0 Å². The highest BCUT2D eigenvalue weighted by Crippen LogP contribution is 2.39. The minimum atomic E-state index is -0.577. The summed E-state index contributed by atoms with van der Waals surface area (Å²) >= 11 is 0. The molecule has 0 heterocycles. The zero-order valence-corrected chi connectivity index (χ0v) is 8.25. The lowest BCUT2D eigenvalue weighted by Crippen LogP contribution is -2.41. The Bertz CT molecular complexity index is 257. The molecule has 0 radical (unpaired) electrons. The van der Waals surface area contributed by atoms with E-state index >= 15 is 0 Å². The van der Waals surface area contributed by atoms with Gasteiger partial charge in [0.25, 0.3) is 0 Å². The number of hydrogen-bond acceptors (Lipinski definition) is 2. The van der Waals surface area contributed by atoms with Crippen molar-refractivity contribution in [3.63, 3.8) is 0 Å². The molecule has 0 aromatic heterocycles. The molecule has 0 aromatic carbocycles. The molecule has 0 saturated heterocycles. The summed E-state index contributed by atoms with van der Waals surface area (Å²) < 4.78 is 5.39. The molecule has 0 N–H and O–H groups in total. The number of Topliss-reactive ketones (excluding diaryl/α,β-unsaturated/α-hetero) is 1. The largest absolute Gasteiger partial charge is 0.366 e. The van der Waals surface area contributed by atoms with Gasteiger partial charge < -0.3 is 4.74 Å². The molecule has 13 heavy (non-hydrogen) atoms. The van der Waals surface area contributed by atoms with Crippen molar-refractivity contribution in [2.75, 3.05) is 7.11 Å². The first-order valence-electron chi connectivity index (χ1n) is 4.97. The fraction of sp³-hybridized carbons (Fsp3) is 0.727. The van der Waals surface area contributed by atoms with Crippen molar-refractivity contribution >= 4 is 5.78 Å². The average molecular weight is 180 g/mol. The molecule has 3 rings (SSSR count). The third-order valence-corrected chi connectivity index (χ3v) is 3.41. The molecule has 0 amide bonds. The zero-order valence-electron chi connectivity index (χ0n) is 8.25. The van der Waals surface area contributed by atoms with Crippen molar-refractivity contribution in [1.29, 1.82) is 0 Å². The minimum absolute atomic E-state index is 0.155. The fourth-order valence-corrected chi connectivity index (χ4v) is 2.52. The summed E-state index contributed by atoms with van der Waals surface area (Å²) in [5.74, 6) is 1.03. The van der Waals surface area contributed by atoms with Crippen LogP contribution in [0.5, 0.6) is 0 Å². The SMILES string of the molecule is CO[C@]12C=C[C@@H](CC1)C[C@H](C)C2=O. The molecule has 72 valence electrons. The Morgan fingerprint density at radius 3 is 2.92 bits per heavy atom. The quantitative estimate of drug-likeness (QED) is 0.576. The van der Waals surface area contributed by atoms with E-state index in [1.54, 1.807) is 7.11 Å². The van der Waals surface area contributed by atoms with Gasteiger partial charge in [0.2, 0.25) is 0 Å². The maximum absolute atomic E-state index is 12.0. The van der Waals surface area contributed by atoms with Gasteiger partial charge in [0, 0.05) is 13.0 Å². The Morgan fingerprint density at radius 1 is 1.62 bits per heavy atom. The van der Waals surface area contributed by atoms with Crippen molar-refractivity contribution in [2.24, 2.45) is 11.8 Å². The highest BCUT2D eigenvalue weighted by atomic mass is 16.5. The number of fused-ring (bicyclic) bond motifs is 3. The molecule has 0 unspecified atom stereocenters. The van der Waals surface area contributed by atoms with Crippen LogP contribution < -0.4 is 0 Å². The van der Waals surface area contributed by atoms with Gasteiger partial charge in [0.1, 0.15) is 5.60 Å². The van der Waals surface area contributed by atoms with Gasteiger partial charge in [-0.15, -0.1) is 0 Å². The van der Waals surface area contributed by atoms with E-state index in [-0.39, 0.29) is 11.7 Å². The smallest absolute Gasteiger partial charge is 0.171 e. The minimum Gasteiger partial charge on any atom is -0.366 e. The number of hydrogen-bond donors (Lipinski definition) is 0. The summed E-state index contributed by atoms with van der Waals surface area (Å²) in [6.45, 7) is 2.02. The van der Waals surface area contributed by atoms with Gasteiger partial charge >= 0.3 is 0 Å². The van der Waals surface area contributed by atoms with Gasteiger partial charge in [-0.3, -0.25) is 4.79 Å². The topological polar surface area (TPSA) is 26.3 Å². The van der Waals surface area contributed by atoms with Crippen LogP contribution in [0.1, 0.15) is 26.2 Å². The molecule has 0 aromatic rings. The second-order valence-electron chi connectivity index (χ2n) is 4.25.